The number of hydrogen-bond acceptors (Lipinski definition) is 4. The first kappa shape index (κ1) is 15.1. The van der Waals surface area contributed by atoms with E-state index in [0.717, 1.165) is 22.1 Å². The topological polar surface area (TPSA) is 37.8 Å². The van der Waals surface area contributed by atoms with Gasteiger partial charge in [0.05, 0.1) is 6.04 Å². The van der Waals surface area contributed by atoms with Gasteiger partial charge in [-0.05, 0) is 58.7 Å². The molecule has 0 spiro atoms. The zero-order valence-electron chi connectivity index (χ0n) is 13.1. The van der Waals surface area contributed by atoms with Crippen LogP contribution in [-0.2, 0) is 0 Å². The number of rotatable bonds is 4. The fourth-order valence-corrected chi connectivity index (χ4v) is 3.60. The summed E-state index contributed by atoms with van der Waals surface area (Å²) in [7, 11) is 0. The third-order valence-electron chi connectivity index (χ3n) is 3.52. The fourth-order valence-electron chi connectivity index (χ4n) is 2.79. The average Bonchev–Trinajstić information content (AvgIpc) is 2.74. The van der Waals surface area contributed by atoms with Crippen LogP contribution in [0.25, 0.3) is 0 Å². The maximum Gasteiger partial charge on any atom is 0.110 e. The maximum absolute atomic E-state index is 4.59. The summed E-state index contributed by atoms with van der Waals surface area (Å²) in [5.74, 6) is 0. The summed E-state index contributed by atoms with van der Waals surface area (Å²) in [5, 5.41) is 6.88. The Hall–Kier alpha value is -1.26. The summed E-state index contributed by atoms with van der Waals surface area (Å²) in [6, 6.07) is 2.67. The summed E-state index contributed by atoms with van der Waals surface area (Å²) in [5.41, 5.74) is 5.90. The predicted molar refractivity (Wildman–Crippen MR) is 85.3 cm³/mol. The van der Waals surface area contributed by atoms with Gasteiger partial charge in [0.1, 0.15) is 5.01 Å². The van der Waals surface area contributed by atoms with Crippen molar-refractivity contribution in [2.45, 2.75) is 53.6 Å². The van der Waals surface area contributed by atoms with E-state index >= 15 is 0 Å². The van der Waals surface area contributed by atoms with Gasteiger partial charge in [-0.1, -0.05) is 0 Å². The second kappa shape index (κ2) is 6.02. The van der Waals surface area contributed by atoms with Crippen LogP contribution in [0.15, 0.2) is 11.4 Å². The molecule has 0 fully saturated rings. The molecule has 2 aromatic heterocycles. The molecule has 0 saturated heterocycles. The van der Waals surface area contributed by atoms with Crippen molar-refractivity contribution in [2.75, 3.05) is 0 Å². The maximum atomic E-state index is 4.59. The first-order chi connectivity index (χ1) is 9.38. The lowest BCUT2D eigenvalue weighted by atomic mass is 10.00. The quantitative estimate of drug-likeness (QED) is 0.917. The lowest BCUT2D eigenvalue weighted by Crippen LogP contribution is -2.24. The Morgan fingerprint density at radius 1 is 1.00 bits per heavy atom. The Kier molecular flexibility index (Phi) is 4.55. The van der Waals surface area contributed by atoms with Gasteiger partial charge < -0.3 is 5.32 Å². The van der Waals surface area contributed by atoms with Gasteiger partial charge in [-0.25, -0.2) is 4.98 Å². The normalized spacial score (nSPS) is 14.3. The Labute approximate surface area is 125 Å². The molecule has 0 radical (unpaired) electrons. The van der Waals surface area contributed by atoms with E-state index < -0.39 is 0 Å². The second-order valence-corrected chi connectivity index (χ2v) is 6.41. The van der Waals surface area contributed by atoms with Crippen LogP contribution < -0.4 is 5.32 Å². The van der Waals surface area contributed by atoms with Gasteiger partial charge in [-0.2, -0.15) is 0 Å². The van der Waals surface area contributed by atoms with E-state index in [1.54, 1.807) is 11.3 Å². The molecular formula is C16H23N3S. The van der Waals surface area contributed by atoms with Crippen molar-refractivity contribution in [3.63, 3.8) is 0 Å². The molecule has 2 aromatic rings. The largest absolute Gasteiger partial charge is 0.301 e. The predicted octanol–water partition coefficient (Wildman–Crippen LogP) is 4.18. The van der Waals surface area contributed by atoms with Gasteiger partial charge in [-0.15, -0.1) is 11.3 Å². The zero-order valence-corrected chi connectivity index (χ0v) is 13.9. The van der Waals surface area contributed by atoms with Crippen LogP contribution in [0.5, 0.6) is 0 Å². The second-order valence-electron chi connectivity index (χ2n) is 5.52. The van der Waals surface area contributed by atoms with Crippen molar-refractivity contribution in [3.8, 4) is 0 Å². The highest BCUT2D eigenvalue weighted by atomic mass is 32.1. The van der Waals surface area contributed by atoms with Crippen LogP contribution in [0.3, 0.4) is 0 Å². The van der Waals surface area contributed by atoms with E-state index in [1.807, 2.05) is 13.8 Å². The van der Waals surface area contributed by atoms with E-state index in [9.17, 15) is 0 Å². The number of thiazole rings is 1. The highest BCUT2D eigenvalue weighted by Gasteiger charge is 2.17. The fraction of sp³-hybridized carbons (Fsp3) is 0.500. The summed E-state index contributed by atoms with van der Waals surface area (Å²) in [6.45, 7) is 12.7. The Morgan fingerprint density at radius 3 is 2.25 bits per heavy atom. The number of pyridine rings is 1. The summed E-state index contributed by atoms with van der Waals surface area (Å²) in [6.07, 6.45) is 0. The van der Waals surface area contributed by atoms with Gasteiger partial charge in [0.15, 0.2) is 0 Å². The molecule has 0 aliphatic rings. The molecule has 0 saturated carbocycles. The van der Waals surface area contributed by atoms with Crippen molar-refractivity contribution in [2.24, 2.45) is 0 Å². The van der Waals surface area contributed by atoms with E-state index in [0.29, 0.717) is 0 Å². The number of aromatic nitrogens is 2. The molecule has 2 atom stereocenters. The van der Waals surface area contributed by atoms with Crippen LogP contribution in [0.2, 0.25) is 0 Å². The zero-order chi connectivity index (χ0) is 14.9. The number of nitrogens with one attached hydrogen (secondary N) is 1. The summed E-state index contributed by atoms with van der Waals surface area (Å²) in [4.78, 5) is 9.14. The molecule has 0 aliphatic carbocycles. The van der Waals surface area contributed by atoms with Crippen molar-refractivity contribution < 1.29 is 0 Å². The summed E-state index contributed by atoms with van der Waals surface area (Å²) < 4.78 is 0. The minimum Gasteiger partial charge on any atom is -0.301 e. The molecule has 0 amide bonds. The van der Waals surface area contributed by atoms with E-state index in [2.05, 4.69) is 54.4 Å². The Balaban J connectivity index is 2.18. The first-order valence-electron chi connectivity index (χ1n) is 7.01. The third kappa shape index (κ3) is 3.25. The molecular weight excluding hydrogens is 266 g/mol. The molecule has 2 heterocycles. The monoisotopic (exact) mass is 289 g/mol. The van der Waals surface area contributed by atoms with Crippen molar-refractivity contribution in [3.05, 3.63) is 44.7 Å². The SMILES string of the molecule is Cc1csc(C(C)NC(C)c2c(C)cc(C)nc2C)n1. The molecule has 3 nitrogen and oxygen atoms in total. The van der Waals surface area contributed by atoms with E-state index in [1.165, 1.54) is 11.1 Å². The number of hydrogen-bond donors (Lipinski definition) is 1. The smallest absolute Gasteiger partial charge is 0.110 e. The van der Waals surface area contributed by atoms with Crippen LogP contribution in [0.1, 0.15) is 59.1 Å². The summed E-state index contributed by atoms with van der Waals surface area (Å²) >= 11 is 1.72. The molecule has 0 aromatic carbocycles. The molecule has 4 heteroatoms. The minimum absolute atomic E-state index is 0.254. The van der Waals surface area contributed by atoms with Gasteiger partial charge >= 0.3 is 0 Å². The van der Waals surface area contributed by atoms with Crippen molar-refractivity contribution >= 4 is 11.3 Å². The average molecular weight is 289 g/mol. The van der Waals surface area contributed by atoms with Gasteiger partial charge in [0.25, 0.3) is 0 Å². The Bertz CT molecular complexity index is 581. The highest BCUT2D eigenvalue weighted by molar-refractivity contribution is 7.09. The van der Waals surface area contributed by atoms with Crippen molar-refractivity contribution in [1.82, 2.24) is 15.3 Å². The van der Waals surface area contributed by atoms with Gasteiger partial charge in [0, 0.05) is 28.5 Å². The highest BCUT2D eigenvalue weighted by Crippen LogP contribution is 2.25. The van der Waals surface area contributed by atoms with Crippen molar-refractivity contribution in [1.29, 1.82) is 0 Å². The van der Waals surface area contributed by atoms with Crippen LogP contribution in [0, 0.1) is 27.7 Å². The molecule has 1 N–H and O–H groups in total. The minimum atomic E-state index is 0.254. The third-order valence-corrected chi connectivity index (χ3v) is 4.67. The lowest BCUT2D eigenvalue weighted by molar-refractivity contribution is 0.488. The molecule has 0 aliphatic heterocycles. The number of nitrogens with zero attached hydrogens (tertiary/aromatic N) is 2. The Morgan fingerprint density at radius 2 is 1.70 bits per heavy atom. The van der Waals surface area contributed by atoms with Gasteiger partial charge in [0.2, 0.25) is 0 Å². The van der Waals surface area contributed by atoms with Crippen LogP contribution >= 0.6 is 11.3 Å². The first-order valence-corrected chi connectivity index (χ1v) is 7.89. The van der Waals surface area contributed by atoms with E-state index in [-0.39, 0.29) is 12.1 Å². The molecule has 2 unspecified atom stereocenters. The molecule has 0 bridgehead atoms. The van der Waals surface area contributed by atoms with Crippen LogP contribution in [-0.4, -0.2) is 9.97 Å². The number of aryl methyl sites for hydroxylation is 4. The molecule has 108 valence electrons. The standard InChI is InChI=1S/C16H23N3S/c1-9-7-10(2)17-12(4)15(9)13(5)19-14(6)16-18-11(3)8-20-16/h7-8,13-14,19H,1-6H3. The van der Waals surface area contributed by atoms with Crippen LogP contribution in [0.4, 0.5) is 0 Å². The van der Waals surface area contributed by atoms with Gasteiger partial charge in [-0.3, -0.25) is 4.98 Å². The molecule has 2 rings (SSSR count). The molecule has 20 heavy (non-hydrogen) atoms. The lowest BCUT2D eigenvalue weighted by Gasteiger charge is -2.22. The van der Waals surface area contributed by atoms with E-state index in [4.69, 9.17) is 0 Å².